The molecular formula is C48H60ClF5N14. The van der Waals surface area contributed by atoms with Gasteiger partial charge in [-0.05, 0) is 155 Å². The van der Waals surface area contributed by atoms with Crippen LogP contribution in [0, 0.1) is 23.5 Å². The molecule has 364 valence electrons. The van der Waals surface area contributed by atoms with E-state index in [2.05, 4.69) is 72.0 Å². The number of hydrogen-bond donors (Lipinski definition) is 5. The average molecular weight is 964 g/mol. The maximum atomic E-state index is 16.3. The molecule has 20 heteroatoms. The molecule has 0 spiro atoms. The minimum Gasteiger partial charge on any atom is -0.383 e. The molecule has 3 aliphatic rings. The van der Waals surface area contributed by atoms with E-state index in [4.69, 9.17) is 26.6 Å². The Labute approximate surface area is 397 Å². The summed E-state index contributed by atoms with van der Waals surface area (Å²) in [6.07, 6.45) is 8.49. The van der Waals surface area contributed by atoms with Crippen LogP contribution in [0.25, 0.3) is 22.3 Å². The highest BCUT2D eigenvalue weighted by molar-refractivity contribution is 6.33. The van der Waals surface area contributed by atoms with E-state index in [1.165, 1.54) is 0 Å². The van der Waals surface area contributed by atoms with Gasteiger partial charge in [0.25, 0.3) is 0 Å². The smallest absolute Gasteiger partial charge is 0.383 e. The Morgan fingerprint density at radius 1 is 0.735 bits per heavy atom. The molecule has 0 radical (unpaired) electrons. The van der Waals surface area contributed by atoms with Gasteiger partial charge in [-0.25, -0.2) is 28.7 Å². The Hall–Kier alpha value is -5.56. The van der Waals surface area contributed by atoms with E-state index in [9.17, 15) is 13.2 Å². The molecular weight excluding hydrogens is 903 g/mol. The van der Waals surface area contributed by atoms with Gasteiger partial charge in [0.05, 0.1) is 35.0 Å². The number of alkyl halides is 3. The van der Waals surface area contributed by atoms with E-state index < -0.39 is 23.4 Å². The molecule has 0 bridgehead atoms. The van der Waals surface area contributed by atoms with Crippen LogP contribution in [0.3, 0.4) is 0 Å². The zero-order chi connectivity index (χ0) is 48.1. The SMILES string of the molecule is CN(C)CC1CCC(n2c(Nc3ccc(NCC4CCC(n5c(Nc6cc(C(F)(F)F)ccc6F)nc6cnc(NC7(C)CCC7)nc65)CC4)c(Cl)c3F)nc3cnc(NC(C)(C)C)nc32)CC1. The topological polar surface area (TPSA) is 151 Å². The number of imidazole rings is 2. The van der Waals surface area contributed by atoms with Crippen molar-refractivity contribution in [3.63, 3.8) is 0 Å². The second kappa shape index (κ2) is 18.7. The van der Waals surface area contributed by atoms with Crippen molar-refractivity contribution in [1.29, 1.82) is 0 Å². The fraction of sp³-hybridized carbons (Fsp3) is 0.542. The van der Waals surface area contributed by atoms with E-state index in [0.29, 0.717) is 77.2 Å². The van der Waals surface area contributed by atoms with Crippen LogP contribution in [0.15, 0.2) is 42.7 Å². The van der Waals surface area contributed by atoms with E-state index >= 15 is 8.78 Å². The van der Waals surface area contributed by atoms with Crippen molar-refractivity contribution in [1.82, 2.24) is 43.9 Å². The molecule has 5 N–H and O–H groups in total. The standard InChI is InChI=1S/C48H60ClF5N14/c1-46(2,3)64-42-56-24-36-40(62-42)67(31-15-10-28(11-16-31)26-66(5)6)44(60-36)58-34-19-18-33(38(49)39(34)51)55-23-27-8-13-30(14-9-27)68-41-37(25-57-43(63-41)65-47(4)20-7-21-47)61-45(68)59-35-22-29(48(52,53)54)12-17-32(35)50/h12,17-19,22,24-25,27-28,30-31,55H,7-11,13-16,20-21,23,26H2,1-6H3,(H,58,60)(H,59,61)(H,56,62,64)(H,57,63,65). The predicted molar refractivity (Wildman–Crippen MR) is 258 cm³/mol. The Balaban J connectivity index is 0.907. The van der Waals surface area contributed by atoms with Gasteiger partial charge in [0.1, 0.15) is 21.9 Å². The Morgan fingerprint density at radius 3 is 1.85 bits per heavy atom. The summed E-state index contributed by atoms with van der Waals surface area (Å²) in [6.45, 7) is 9.81. The minimum atomic E-state index is -4.66. The third kappa shape index (κ3) is 10.4. The van der Waals surface area contributed by atoms with Gasteiger partial charge in [0.15, 0.2) is 17.1 Å². The first-order valence-corrected chi connectivity index (χ1v) is 24.0. The third-order valence-electron chi connectivity index (χ3n) is 13.7. The van der Waals surface area contributed by atoms with Crippen molar-refractivity contribution >= 4 is 74.8 Å². The Bertz CT molecular complexity index is 2760. The van der Waals surface area contributed by atoms with E-state index in [1.807, 2.05) is 25.3 Å². The van der Waals surface area contributed by atoms with Crippen LogP contribution in [-0.2, 0) is 6.18 Å². The molecule has 0 unspecified atom stereocenters. The van der Waals surface area contributed by atoms with Gasteiger partial charge in [-0.3, -0.25) is 9.13 Å². The minimum absolute atomic E-state index is 0.0470. The van der Waals surface area contributed by atoms with Gasteiger partial charge in [0, 0.05) is 36.3 Å². The summed E-state index contributed by atoms with van der Waals surface area (Å²) in [5.41, 5.74) is 1.13. The number of aromatic nitrogens is 8. The van der Waals surface area contributed by atoms with Gasteiger partial charge in [0.2, 0.25) is 23.8 Å². The van der Waals surface area contributed by atoms with E-state index in [0.717, 1.165) is 76.5 Å². The van der Waals surface area contributed by atoms with Gasteiger partial charge < -0.3 is 31.5 Å². The first-order valence-electron chi connectivity index (χ1n) is 23.6. The maximum absolute atomic E-state index is 16.3. The van der Waals surface area contributed by atoms with Crippen LogP contribution in [0.5, 0.6) is 0 Å². The van der Waals surface area contributed by atoms with Crippen molar-refractivity contribution in [3.8, 4) is 0 Å². The molecule has 4 heterocycles. The molecule has 3 fully saturated rings. The lowest BCUT2D eigenvalue weighted by atomic mass is 9.79. The lowest BCUT2D eigenvalue weighted by Crippen LogP contribution is -2.42. The molecule has 6 aromatic rings. The number of nitrogens with zero attached hydrogens (tertiary/aromatic N) is 9. The highest BCUT2D eigenvalue weighted by Gasteiger charge is 2.35. The zero-order valence-electron chi connectivity index (χ0n) is 39.3. The highest BCUT2D eigenvalue weighted by atomic mass is 35.5. The molecule has 9 rings (SSSR count). The monoisotopic (exact) mass is 962 g/mol. The van der Waals surface area contributed by atoms with Gasteiger partial charge in [-0.15, -0.1) is 0 Å². The zero-order valence-corrected chi connectivity index (χ0v) is 40.1. The Morgan fingerprint density at radius 2 is 1.29 bits per heavy atom. The number of fused-ring (bicyclic) bond motifs is 2. The first kappa shape index (κ1) is 47.5. The molecule has 0 amide bonds. The predicted octanol–water partition coefficient (Wildman–Crippen LogP) is 12.1. The largest absolute Gasteiger partial charge is 0.416 e. The summed E-state index contributed by atoms with van der Waals surface area (Å²) in [6, 6.07) is 5.63. The fourth-order valence-electron chi connectivity index (χ4n) is 9.99. The molecule has 0 atom stereocenters. The van der Waals surface area contributed by atoms with Gasteiger partial charge >= 0.3 is 6.18 Å². The lowest BCUT2D eigenvalue weighted by molar-refractivity contribution is -0.137. The molecule has 4 aromatic heterocycles. The summed E-state index contributed by atoms with van der Waals surface area (Å²) in [4.78, 5) is 30.6. The number of nitrogens with one attached hydrogen (secondary N) is 5. The molecule has 3 saturated carbocycles. The van der Waals surface area contributed by atoms with Crippen LogP contribution in [0.1, 0.15) is 116 Å². The molecule has 0 aliphatic heterocycles. The second-order valence-corrected chi connectivity index (χ2v) is 20.9. The lowest BCUT2D eigenvalue weighted by Gasteiger charge is -2.39. The molecule has 14 nitrogen and oxygen atoms in total. The van der Waals surface area contributed by atoms with Crippen molar-refractivity contribution in [3.05, 3.63) is 64.9 Å². The normalized spacial score (nSPS) is 21.0. The van der Waals surface area contributed by atoms with Gasteiger partial charge in [-0.1, -0.05) is 11.6 Å². The van der Waals surface area contributed by atoms with E-state index in [-0.39, 0.29) is 51.4 Å². The van der Waals surface area contributed by atoms with Crippen molar-refractivity contribution in [2.75, 3.05) is 53.8 Å². The quantitative estimate of drug-likeness (QED) is 0.0661. The molecule has 0 saturated heterocycles. The summed E-state index contributed by atoms with van der Waals surface area (Å²) >= 11 is 6.77. The van der Waals surface area contributed by atoms with Gasteiger partial charge in [-0.2, -0.15) is 23.1 Å². The Kier molecular flexibility index (Phi) is 13.1. The van der Waals surface area contributed by atoms with Crippen LogP contribution in [-0.4, -0.2) is 82.2 Å². The van der Waals surface area contributed by atoms with Crippen LogP contribution >= 0.6 is 11.6 Å². The highest BCUT2D eigenvalue weighted by Crippen LogP contribution is 2.42. The fourth-order valence-corrected chi connectivity index (χ4v) is 10.2. The number of anilines is 7. The van der Waals surface area contributed by atoms with Crippen molar-refractivity contribution in [2.45, 2.75) is 128 Å². The number of rotatable bonds is 14. The number of benzene rings is 2. The van der Waals surface area contributed by atoms with Crippen LogP contribution in [0.2, 0.25) is 5.02 Å². The number of halogens is 6. The van der Waals surface area contributed by atoms with Crippen molar-refractivity contribution in [2.24, 2.45) is 11.8 Å². The molecule has 3 aliphatic carbocycles. The average Bonchev–Trinajstić information content (AvgIpc) is 3.81. The van der Waals surface area contributed by atoms with Crippen LogP contribution < -0.4 is 26.6 Å². The first-order chi connectivity index (χ1) is 32.3. The maximum Gasteiger partial charge on any atom is 0.416 e. The van der Waals surface area contributed by atoms with Crippen molar-refractivity contribution < 1.29 is 22.0 Å². The summed E-state index contributed by atoms with van der Waals surface area (Å²) in [7, 11) is 4.21. The second-order valence-electron chi connectivity index (χ2n) is 20.6. The molecule has 2 aromatic carbocycles. The summed E-state index contributed by atoms with van der Waals surface area (Å²) in [5, 5.41) is 16.3. The molecule has 68 heavy (non-hydrogen) atoms. The van der Waals surface area contributed by atoms with E-state index in [1.54, 1.807) is 24.5 Å². The third-order valence-corrected chi connectivity index (χ3v) is 14.0. The number of hydrogen-bond acceptors (Lipinski definition) is 12. The summed E-state index contributed by atoms with van der Waals surface area (Å²) in [5.74, 6) is 0.898. The van der Waals surface area contributed by atoms with Crippen LogP contribution in [0.4, 0.5) is 62.8 Å². The summed E-state index contributed by atoms with van der Waals surface area (Å²) < 4.78 is 76.4.